The van der Waals surface area contributed by atoms with Gasteiger partial charge < -0.3 is 10.6 Å². The van der Waals surface area contributed by atoms with E-state index in [1.807, 2.05) is 0 Å². The number of rotatable bonds is 4. The quantitative estimate of drug-likeness (QED) is 0.916. The average molecular weight is 277 g/mol. The van der Waals surface area contributed by atoms with Gasteiger partial charge in [0.25, 0.3) is 0 Å². The molecule has 0 spiro atoms. The van der Waals surface area contributed by atoms with E-state index in [1.54, 1.807) is 11.3 Å². The van der Waals surface area contributed by atoms with E-state index in [1.165, 1.54) is 5.00 Å². The third kappa shape index (κ3) is 2.72. The minimum Gasteiger partial charge on any atom is -0.362 e. The lowest BCUT2D eigenvalue weighted by atomic mass is 10.0. The molecule has 2 nitrogen and oxygen atoms in total. The summed E-state index contributed by atoms with van der Waals surface area (Å²) in [6.07, 6.45) is 0. The second kappa shape index (κ2) is 5.14. The molecule has 0 fully saturated rings. The zero-order valence-corrected chi connectivity index (χ0v) is 11.2. The fourth-order valence-electron chi connectivity index (χ4n) is 1.53. The molecule has 0 bridgehead atoms. The number of anilines is 1. The highest BCUT2D eigenvalue weighted by Crippen LogP contribution is 2.29. The third-order valence-electron chi connectivity index (χ3n) is 2.41. The van der Waals surface area contributed by atoms with Crippen molar-refractivity contribution in [1.29, 1.82) is 0 Å². The van der Waals surface area contributed by atoms with Crippen molar-refractivity contribution in [3.63, 3.8) is 0 Å². The molecule has 1 rings (SSSR count). The Bertz CT molecular complexity index is 285. The van der Waals surface area contributed by atoms with Gasteiger partial charge in [0.1, 0.15) is 0 Å². The van der Waals surface area contributed by atoms with E-state index in [-0.39, 0.29) is 0 Å². The van der Waals surface area contributed by atoms with Crippen LogP contribution in [-0.4, -0.2) is 19.6 Å². The molecular weight excluding hydrogens is 260 g/mol. The summed E-state index contributed by atoms with van der Waals surface area (Å²) in [6.45, 7) is 5.11. The summed E-state index contributed by atoms with van der Waals surface area (Å²) in [4.78, 5) is 2.26. The Morgan fingerprint density at radius 2 is 2.21 bits per heavy atom. The fraction of sp³-hybridized carbons (Fsp3) is 0.600. The van der Waals surface area contributed by atoms with E-state index in [0.29, 0.717) is 18.5 Å². The van der Waals surface area contributed by atoms with Gasteiger partial charge in [-0.3, -0.25) is 0 Å². The van der Waals surface area contributed by atoms with Crippen molar-refractivity contribution in [3.8, 4) is 0 Å². The first kappa shape index (κ1) is 12.0. The largest absolute Gasteiger partial charge is 0.362 e. The van der Waals surface area contributed by atoms with E-state index in [9.17, 15) is 0 Å². The molecule has 2 N–H and O–H groups in total. The summed E-state index contributed by atoms with van der Waals surface area (Å²) in [6, 6.07) is 2.55. The summed E-state index contributed by atoms with van der Waals surface area (Å²) in [7, 11) is 2.11. The molecule has 0 amide bonds. The first-order valence-electron chi connectivity index (χ1n) is 4.73. The van der Waals surface area contributed by atoms with Gasteiger partial charge >= 0.3 is 0 Å². The van der Waals surface area contributed by atoms with Crippen molar-refractivity contribution in [1.82, 2.24) is 0 Å². The van der Waals surface area contributed by atoms with Gasteiger partial charge in [-0.1, -0.05) is 13.8 Å². The number of likely N-dealkylation sites (N-methyl/N-ethyl adjacent to an activating group) is 1. The maximum atomic E-state index is 5.77. The molecule has 1 aromatic heterocycles. The van der Waals surface area contributed by atoms with Crippen molar-refractivity contribution in [2.75, 3.05) is 18.5 Å². The van der Waals surface area contributed by atoms with Crippen molar-refractivity contribution in [3.05, 3.63) is 15.9 Å². The van der Waals surface area contributed by atoms with Crippen LogP contribution < -0.4 is 10.6 Å². The number of nitrogens with zero attached hydrogens (tertiary/aromatic N) is 1. The molecule has 1 aromatic rings. The molecule has 1 atom stereocenters. The highest BCUT2D eigenvalue weighted by molar-refractivity contribution is 9.10. The highest BCUT2D eigenvalue weighted by Gasteiger charge is 2.18. The van der Waals surface area contributed by atoms with Gasteiger partial charge in [-0.2, -0.15) is 0 Å². The van der Waals surface area contributed by atoms with Crippen LogP contribution in [0.25, 0.3) is 0 Å². The van der Waals surface area contributed by atoms with Crippen LogP contribution >= 0.6 is 27.3 Å². The minimum absolute atomic E-state index is 0.417. The van der Waals surface area contributed by atoms with Gasteiger partial charge in [0, 0.05) is 29.5 Å². The Morgan fingerprint density at radius 1 is 1.57 bits per heavy atom. The SMILES string of the molecule is CC(C)C(CN)N(C)c1cc(Br)cs1. The van der Waals surface area contributed by atoms with Crippen molar-refractivity contribution in [2.45, 2.75) is 19.9 Å². The molecule has 4 heteroatoms. The van der Waals surface area contributed by atoms with Crippen molar-refractivity contribution in [2.24, 2.45) is 11.7 Å². The van der Waals surface area contributed by atoms with E-state index in [2.05, 4.69) is 53.2 Å². The molecule has 0 radical (unpaired) electrons. The maximum absolute atomic E-state index is 5.77. The molecule has 14 heavy (non-hydrogen) atoms. The van der Waals surface area contributed by atoms with Crippen molar-refractivity contribution >= 4 is 32.3 Å². The van der Waals surface area contributed by atoms with Crippen LogP contribution in [0.5, 0.6) is 0 Å². The van der Waals surface area contributed by atoms with Gasteiger partial charge in [0.2, 0.25) is 0 Å². The number of nitrogens with two attached hydrogens (primary N) is 1. The average Bonchev–Trinajstić information content (AvgIpc) is 2.52. The second-order valence-corrected chi connectivity index (χ2v) is 5.57. The summed E-state index contributed by atoms with van der Waals surface area (Å²) in [5, 5.41) is 3.36. The van der Waals surface area contributed by atoms with E-state index >= 15 is 0 Å². The van der Waals surface area contributed by atoms with Crippen LogP contribution in [0.2, 0.25) is 0 Å². The maximum Gasteiger partial charge on any atom is 0.0920 e. The fourth-order valence-corrected chi connectivity index (χ4v) is 2.98. The summed E-state index contributed by atoms with van der Waals surface area (Å²) < 4.78 is 1.14. The van der Waals surface area contributed by atoms with Crippen LogP contribution in [0.15, 0.2) is 15.9 Å². The van der Waals surface area contributed by atoms with Crippen LogP contribution in [-0.2, 0) is 0 Å². The molecule has 1 heterocycles. The molecule has 0 aliphatic heterocycles. The Hall–Kier alpha value is -0.0600. The number of hydrogen-bond donors (Lipinski definition) is 1. The lowest BCUT2D eigenvalue weighted by Crippen LogP contribution is -2.41. The van der Waals surface area contributed by atoms with E-state index in [0.717, 1.165) is 4.47 Å². The normalized spacial score (nSPS) is 13.3. The van der Waals surface area contributed by atoms with Gasteiger partial charge in [0.05, 0.1) is 5.00 Å². The predicted molar refractivity (Wildman–Crippen MR) is 68.1 cm³/mol. The van der Waals surface area contributed by atoms with Gasteiger partial charge in [0.15, 0.2) is 0 Å². The minimum atomic E-state index is 0.417. The zero-order chi connectivity index (χ0) is 10.7. The molecule has 0 aliphatic carbocycles. The molecule has 0 aromatic carbocycles. The predicted octanol–water partition coefficient (Wildman–Crippen LogP) is 2.93. The summed E-state index contributed by atoms with van der Waals surface area (Å²) in [5.41, 5.74) is 5.77. The number of hydrogen-bond acceptors (Lipinski definition) is 3. The first-order valence-corrected chi connectivity index (χ1v) is 6.40. The molecule has 80 valence electrons. The third-order valence-corrected chi connectivity index (χ3v) is 4.19. The monoisotopic (exact) mass is 276 g/mol. The van der Waals surface area contributed by atoms with E-state index < -0.39 is 0 Å². The van der Waals surface area contributed by atoms with Crippen molar-refractivity contribution < 1.29 is 0 Å². The lowest BCUT2D eigenvalue weighted by Gasteiger charge is -2.30. The van der Waals surface area contributed by atoms with Crippen LogP contribution in [0.1, 0.15) is 13.8 Å². The molecular formula is C10H17BrN2S. The van der Waals surface area contributed by atoms with Crippen LogP contribution in [0.3, 0.4) is 0 Å². The Kier molecular flexibility index (Phi) is 4.41. The zero-order valence-electron chi connectivity index (χ0n) is 8.83. The standard InChI is InChI=1S/C10H17BrN2S/c1-7(2)9(5-12)13(3)10-4-8(11)6-14-10/h4,6-7,9H,5,12H2,1-3H3. The molecule has 1 unspecified atom stereocenters. The lowest BCUT2D eigenvalue weighted by molar-refractivity contribution is 0.481. The summed E-state index contributed by atoms with van der Waals surface area (Å²) in [5.74, 6) is 0.575. The van der Waals surface area contributed by atoms with Crippen LogP contribution in [0.4, 0.5) is 5.00 Å². The number of thiophene rings is 1. The molecule has 0 saturated heterocycles. The van der Waals surface area contributed by atoms with Gasteiger partial charge in [-0.05, 0) is 27.9 Å². The topological polar surface area (TPSA) is 29.3 Å². The van der Waals surface area contributed by atoms with E-state index in [4.69, 9.17) is 5.73 Å². The second-order valence-electron chi connectivity index (χ2n) is 3.76. The Balaban J connectivity index is 2.77. The smallest absolute Gasteiger partial charge is 0.0920 e. The highest BCUT2D eigenvalue weighted by atomic mass is 79.9. The molecule has 0 saturated carbocycles. The molecule has 0 aliphatic rings. The van der Waals surface area contributed by atoms with Gasteiger partial charge in [-0.15, -0.1) is 11.3 Å². The number of halogens is 1. The van der Waals surface area contributed by atoms with Crippen LogP contribution in [0, 0.1) is 5.92 Å². The first-order chi connectivity index (χ1) is 6.56. The Labute approximate surface area is 98.2 Å². The summed E-state index contributed by atoms with van der Waals surface area (Å²) >= 11 is 5.20. The van der Waals surface area contributed by atoms with Gasteiger partial charge in [-0.25, -0.2) is 0 Å². The Morgan fingerprint density at radius 3 is 2.57 bits per heavy atom.